The average molecular weight is 230 g/mol. The fraction of sp³-hybridized carbons (Fsp3) is 0.455. The van der Waals surface area contributed by atoms with Gasteiger partial charge in [0.15, 0.2) is 0 Å². The molecule has 0 amide bonds. The van der Waals surface area contributed by atoms with E-state index in [0.717, 1.165) is 23.7 Å². The van der Waals surface area contributed by atoms with Gasteiger partial charge in [-0.3, -0.25) is 0 Å². The number of halogens is 1. The smallest absolute Gasteiger partial charge is 0.0409 e. The van der Waals surface area contributed by atoms with Gasteiger partial charge in [-0.2, -0.15) is 11.8 Å². The number of benzene rings is 1. The molecular formula is C11H16ClNS. The van der Waals surface area contributed by atoms with Crippen molar-refractivity contribution in [1.29, 1.82) is 0 Å². The monoisotopic (exact) mass is 229 g/mol. The van der Waals surface area contributed by atoms with E-state index < -0.39 is 0 Å². The lowest BCUT2D eigenvalue weighted by molar-refractivity contribution is 0.814. The van der Waals surface area contributed by atoms with Gasteiger partial charge in [-0.25, -0.2) is 0 Å². The van der Waals surface area contributed by atoms with Gasteiger partial charge in [-0.15, -0.1) is 0 Å². The van der Waals surface area contributed by atoms with Crippen molar-refractivity contribution < 1.29 is 0 Å². The fourth-order valence-electron chi connectivity index (χ4n) is 1.17. The van der Waals surface area contributed by atoms with Crippen LogP contribution >= 0.6 is 23.4 Å². The van der Waals surface area contributed by atoms with Crippen LogP contribution in [0.4, 0.5) is 0 Å². The summed E-state index contributed by atoms with van der Waals surface area (Å²) in [5.41, 5.74) is 6.72. The molecule has 0 aliphatic carbocycles. The van der Waals surface area contributed by atoms with Crippen LogP contribution in [-0.4, -0.2) is 12.3 Å². The molecule has 2 N–H and O–H groups in total. The Hall–Kier alpha value is -0.180. The molecule has 3 heteroatoms. The van der Waals surface area contributed by atoms with E-state index in [4.69, 9.17) is 17.3 Å². The maximum absolute atomic E-state index is 5.88. The van der Waals surface area contributed by atoms with Crippen LogP contribution in [-0.2, 0) is 5.75 Å². The summed E-state index contributed by atoms with van der Waals surface area (Å²) in [5.74, 6) is 2.23. The molecule has 1 nitrogen and oxygen atoms in total. The molecule has 0 spiro atoms. The fourth-order valence-corrected chi connectivity index (χ4v) is 2.35. The summed E-state index contributed by atoms with van der Waals surface area (Å²) in [6.45, 7) is 0.803. The molecule has 0 fully saturated rings. The van der Waals surface area contributed by atoms with Gasteiger partial charge in [0.1, 0.15) is 0 Å². The molecule has 0 saturated heterocycles. The lowest BCUT2D eigenvalue weighted by Gasteiger charge is -2.01. The van der Waals surface area contributed by atoms with E-state index in [0.29, 0.717) is 0 Å². The van der Waals surface area contributed by atoms with Gasteiger partial charge in [0.2, 0.25) is 0 Å². The highest BCUT2D eigenvalue weighted by molar-refractivity contribution is 7.98. The Kier molecular flexibility index (Phi) is 6.08. The zero-order chi connectivity index (χ0) is 10.2. The van der Waals surface area contributed by atoms with Crippen LogP contribution < -0.4 is 5.73 Å². The van der Waals surface area contributed by atoms with Crippen LogP contribution in [0.15, 0.2) is 24.3 Å². The number of rotatable bonds is 6. The van der Waals surface area contributed by atoms with Gasteiger partial charge in [-0.05, 0) is 42.8 Å². The van der Waals surface area contributed by atoms with Crippen LogP contribution in [0.3, 0.4) is 0 Å². The molecule has 0 heterocycles. The molecule has 0 saturated carbocycles. The number of hydrogen-bond donors (Lipinski definition) is 1. The quantitative estimate of drug-likeness (QED) is 0.758. The summed E-state index contributed by atoms with van der Waals surface area (Å²) >= 11 is 7.82. The third-order valence-corrected chi connectivity index (χ3v) is 3.25. The normalized spacial score (nSPS) is 10.4. The van der Waals surface area contributed by atoms with Gasteiger partial charge >= 0.3 is 0 Å². The van der Waals surface area contributed by atoms with Crippen molar-refractivity contribution in [3.05, 3.63) is 34.9 Å². The summed E-state index contributed by atoms with van der Waals surface area (Å²) < 4.78 is 0. The van der Waals surface area contributed by atoms with Gasteiger partial charge in [0.25, 0.3) is 0 Å². The molecule has 0 aliphatic heterocycles. The third kappa shape index (κ3) is 4.89. The van der Waals surface area contributed by atoms with Crippen molar-refractivity contribution in [3.63, 3.8) is 0 Å². The van der Waals surface area contributed by atoms with Gasteiger partial charge in [0.05, 0.1) is 0 Å². The molecular weight excluding hydrogens is 214 g/mol. The highest BCUT2D eigenvalue weighted by Crippen LogP contribution is 2.17. The minimum Gasteiger partial charge on any atom is -0.330 e. The van der Waals surface area contributed by atoms with Crippen molar-refractivity contribution in [1.82, 2.24) is 0 Å². The summed E-state index contributed by atoms with van der Waals surface area (Å²) in [6.07, 6.45) is 2.34. The second-order valence-corrected chi connectivity index (χ2v) is 4.72. The Bertz CT molecular complexity index is 265. The standard InChI is InChI=1S/C11H16ClNS/c12-11-5-3-4-10(8-11)9-14-7-2-1-6-13/h3-5,8H,1-2,6-7,9,13H2. The Morgan fingerprint density at radius 1 is 1.29 bits per heavy atom. The lowest BCUT2D eigenvalue weighted by atomic mass is 10.2. The van der Waals surface area contributed by atoms with Crippen molar-refractivity contribution in [3.8, 4) is 0 Å². The van der Waals surface area contributed by atoms with Gasteiger partial charge in [-0.1, -0.05) is 23.7 Å². The number of unbranched alkanes of at least 4 members (excludes halogenated alkanes) is 1. The van der Waals surface area contributed by atoms with Crippen LogP contribution in [0.1, 0.15) is 18.4 Å². The van der Waals surface area contributed by atoms with E-state index in [2.05, 4.69) is 6.07 Å². The van der Waals surface area contributed by atoms with E-state index in [1.807, 2.05) is 30.0 Å². The maximum Gasteiger partial charge on any atom is 0.0409 e. The Labute approximate surface area is 95.0 Å². The highest BCUT2D eigenvalue weighted by atomic mass is 35.5. The summed E-state index contributed by atoms with van der Waals surface area (Å²) in [4.78, 5) is 0. The van der Waals surface area contributed by atoms with Crippen LogP contribution in [0, 0.1) is 0 Å². The van der Waals surface area contributed by atoms with Crippen molar-refractivity contribution in [2.24, 2.45) is 5.73 Å². The largest absolute Gasteiger partial charge is 0.330 e. The van der Waals surface area contributed by atoms with Crippen LogP contribution in [0.2, 0.25) is 5.02 Å². The number of hydrogen-bond acceptors (Lipinski definition) is 2. The molecule has 0 unspecified atom stereocenters. The van der Waals surface area contributed by atoms with Crippen LogP contribution in [0.25, 0.3) is 0 Å². The van der Waals surface area contributed by atoms with Gasteiger partial charge < -0.3 is 5.73 Å². The Balaban J connectivity index is 2.18. The molecule has 0 aromatic heterocycles. The van der Waals surface area contributed by atoms with E-state index in [9.17, 15) is 0 Å². The first kappa shape index (κ1) is 11.9. The van der Waals surface area contributed by atoms with Gasteiger partial charge in [0, 0.05) is 10.8 Å². The molecule has 1 aromatic rings. The zero-order valence-electron chi connectivity index (χ0n) is 8.21. The zero-order valence-corrected chi connectivity index (χ0v) is 9.78. The average Bonchev–Trinajstić information content (AvgIpc) is 2.18. The lowest BCUT2D eigenvalue weighted by Crippen LogP contribution is -1.98. The first-order chi connectivity index (χ1) is 6.83. The summed E-state index contributed by atoms with van der Waals surface area (Å²) in [5, 5.41) is 0.824. The maximum atomic E-state index is 5.88. The molecule has 0 bridgehead atoms. The van der Waals surface area contributed by atoms with E-state index in [-0.39, 0.29) is 0 Å². The Morgan fingerprint density at radius 2 is 2.14 bits per heavy atom. The minimum absolute atomic E-state index is 0.803. The number of nitrogens with two attached hydrogens (primary N) is 1. The molecule has 14 heavy (non-hydrogen) atoms. The first-order valence-corrected chi connectivity index (χ1v) is 6.38. The summed E-state index contributed by atoms with van der Waals surface area (Å²) in [6, 6.07) is 8.04. The molecule has 78 valence electrons. The SMILES string of the molecule is NCCCCSCc1cccc(Cl)c1. The second-order valence-electron chi connectivity index (χ2n) is 3.18. The predicted octanol–water partition coefficient (Wildman–Crippen LogP) is 3.31. The second kappa shape index (κ2) is 7.16. The van der Waals surface area contributed by atoms with Crippen LogP contribution in [0.5, 0.6) is 0 Å². The van der Waals surface area contributed by atoms with Crippen molar-refractivity contribution in [2.75, 3.05) is 12.3 Å². The number of thioether (sulfide) groups is 1. The van der Waals surface area contributed by atoms with E-state index >= 15 is 0 Å². The molecule has 0 aliphatic rings. The molecule has 0 radical (unpaired) electrons. The minimum atomic E-state index is 0.803. The van der Waals surface area contributed by atoms with Crippen molar-refractivity contribution in [2.45, 2.75) is 18.6 Å². The highest BCUT2D eigenvalue weighted by Gasteiger charge is 1.94. The van der Waals surface area contributed by atoms with E-state index in [1.54, 1.807) is 0 Å². The summed E-state index contributed by atoms with van der Waals surface area (Å²) in [7, 11) is 0. The topological polar surface area (TPSA) is 26.0 Å². The Morgan fingerprint density at radius 3 is 2.86 bits per heavy atom. The predicted molar refractivity (Wildman–Crippen MR) is 65.9 cm³/mol. The van der Waals surface area contributed by atoms with E-state index in [1.165, 1.54) is 17.7 Å². The molecule has 1 rings (SSSR count). The third-order valence-electron chi connectivity index (χ3n) is 1.90. The molecule has 1 aromatic carbocycles. The first-order valence-electron chi connectivity index (χ1n) is 4.85. The molecule has 0 atom stereocenters. The van der Waals surface area contributed by atoms with Crippen molar-refractivity contribution >= 4 is 23.4 Å².